The molecule has 0 bridgehead atoms. The SMILES string of the molecule is Cc1ncsc1CCOc1ccc(S(=O)(=O)Cl)cc1Br. The molecule has 1 aromatic carbocycles. The molecule has 0 saturated carbocycles. The van der Waals surface area contributed by atoms with E-state index in [2.05, 4.69) is 20.9 Å². The van der Waals surface area contributed by atoms with Gasteiger partial charge in [-0.25, -0.2) is 13.4 Å². The van der Waals surface area contributed by atoms with E-state index in [1.165, 1.54) is 17.0 Å². The second-order valence-corrected chi connectivity index (χ2v) is 8.35. The molecule has 20 heavy (non-hydrogen) atoms. The van der Waals surface area contributed by atoms with Crippen LogP contribution in [0.3, 0.4) is 0 Å². The minimum Gasteiger partial charge on any atom is -0.492 e. The molecule has 0 spiro atoms. The molecular weight excluding hydrogens is 386 g/mol. The molecule has 0 N–H and O–H groups in total. The van der Waals surface area contributed by atoms with Gasteiger partial charge in [0.1, 0.15) is 5.75 Å². The Bertz CT molecular complexity index is 715. The summed E-state index contributed by atoms with van der Waals surface area (Å²) in [6, 6.07) is 4.43. The van der Waals surface area contributed by atoms with Gasteiger partial charge in [0, 0.05) is 22.0 Å². The maximum absolute atomic E-state index is 11.2. The van der Waals surface area contributed by atoms with Gasteiger partial charge in [0.15, 0.2) is 0 Å². The fourth-order valence-corrected chi connectivity index (χ4v) is 3.75. The van der Waals surface area contributed by atoms with Gasteiger partial charge in [0.05, 0.1) is 27.2 Å². The summed E-state index contributed by atoms with van der Waals surface area (Å²) in [5.41, 5.74) is 2.82. The van der Waals surface area contributed by atoms with Gasteiger partial charge >= 0.3 is 0 Å². The zero-order valence-electron chi connectivity index (χ0n) is 10.5. The number of nitrogens with zero attached hydrogens (tertiary/aromatic N) is 1. The highest BCUT2D eigenvalue weighted by Gasteiger charge is 2.12. The number of aromatic nitrogens is 1. The van der Waals surface area contributed by atoms with E-state index in [1.54, 1.807) is 22.9 Å². The lowest BCUT2D eigenvalue weighted by Crippen LogP contribution is -2.02. The van der Waals surface area contributed by atoms with Gasteiger partial charge in [-0.3, -0.25) is 0 Å². The molecule has 0 aliphatic heterocycles. The van der Waals surface area contributed by atoms with Crippen molar-refractivity contribution in [3.8, 4) is 5.75 Å². The van der Waals surface area contributed by atoms with Crippen LogP contribution in [0.15, 0.2) is 33.1 Å². The summed E-state index contributed by atoms with van der Waals surface area (Å²) in [5.74, 6) is 0.580. The van der Waals surface area contributed by atoms with Gasteiger partial charge in [-0.05, 0) is 41.1 Å². The van der Waals surface area contributed by atoms with E-state index in [1.807, 2.05) is 6.92 Å². The van der Waals surface area contributed by atoms with E-state index in [0.717, 1.165) is 12.1 Å². The number of thiazole rings is 1. The van der Waals surface area contributed by atoms with Crippen LogP contribution in [0, 0.1) is 6.92 Å². The second kappa shape index (κ2) is 6.43. The lowest BCUT2D eigenvalue weighted by molar-refractivity contribution is 0.320. The Morgan fingerprint density at radius 1 is 1.45 bits per heavy atom. The largest absolute Gasteiger partial charge is 0.492 e. The lowest BCUT2D eigenvalue weighted by Gasteiger charge is -2.08. The molecule has 2 aromatic rings. The minimum absolute atomic E-state index is 0.0386. The van der Waals surface area contributed by atoms with Crippen LogP contribution in [0.1, 0.15) is 10.6 Å². The number of halogens is 2. The lowest BCUT2D eigenvalue weighted by atomic mass is 10.3. The summed E-state index contributed by atoms with van der Waals surface area (Å²) >= 11 is 4.87. The maximum atomic E-state index is 11.2. The van der Waals surface area contributed by atoms with Crippen molar-refractivity contribution < 1.29 is 13.2 Å². The third-order valence-electron chi connectivity index (χ3n) is 2.62. The normalized spacial score (nSPS) is 11.6. The Kier molecular flexibility index (Phi) is 5.06. The highest BCUT2D eigenvalue weighted by atomic mass is 79.9. The Balaban J connectivity index is 2.02. The summed E-state index contributed by atoms with van der Waals surface area (Å²) in [6.07, 6.45) is 0.762. The average Bonchev–Trinajstić information content (AvgIpc) is 2.76. The van der Waals surface area contributed by atoms with E-state index in [9.17, 15) is 8.42 Å². The minimum atomic E-state index is -3.72. The Morgan fingerprint density at radius 3 is 2.75 bits per heavy atom. The van der Waals surface area contributed by atoms with Crippen LogP contribution in [-0.4, -0.2) is 20.0 Å². The zero-order valence-corrected chi connectivity index (χ0v) is 14.4. The van der Waals surface area contributed by atoms with Crippen LogP contribution in [0.25, 0.3) is 0 Å². The van der Waals surface area contributed by atoms with Gasteiger partial charge in [-0.2, -0.15) is 0 Å². The number of hydrogen-bond donors (Lipinski definition) is 0. The topological polar surface area (TPSA) is 56.3 Å². The Hall–Kier alpha value is -0.630. The molecule has 1 aromatic heterocycles. The second-order valence-electron chi connectivity index (χ2n) is 3.99. The van der Waals surface area contributed by atoms with Crippen molar-refractivity contribution in [3.05, 3.63) is 38.8 Å². The van der Waals surface area contributed by atoms with Crippen LogP contribution >= 0.6 is 37.9 Å². The number of rotatable bonds is 5. The molecule has 8 heteroatoms. The van der Waals surface area contributed by atoms with Crippen molar-refractivity contribution in [3.63, 3.8) is 0 Å². The summed E-state index contributed by atoms with van der Waals surface area (Å²) < 4.78 is 28.6. The molecule has 0 radical (unpaired) electrons. The molecule has 1 heterocycles. The maximum Gasteiger partial charge on any atom is 0.261 e. The molecular formula is C12H11BrClNO3S2. The Labute approximate surface area is 134 Å². The molecule has 0 aliphatic rings. The van der Waals surface area contributed by atoms with Crippen molar-refractivity contribution >= 4 is 47.0 Å². The first-order valence-electron chi connectivity index (χ1n) is 5.64. The average molecular weight is 397 g/mol. The molecule has 0 saturated heterocycles. The first kappa shape index (κ1) is 15.8. The van der Waals surface area contributed by atoms with Gasteiger partial charge in [0.25, 0.3) is 9.05 Å². The number of aryl methyl sites for hydroxylation is 1. The zero-order chi connectivity index (χ0) is 14.8. The highest BCUT2D eigenvalue weighted by molar-refractivity contribution is 9.10. The van der Waals surface area contributed by atoms with Crippen LogP contribution in [0.5, 0.6) is 5.75 Å². The van der Waals surface area contributed by atoms with Crippen LogP contribution in [0.2, 0.25) is 0 Å². The number of ether oxygens (including phenoxy) is 1. The summed E-state index contributed by atoms with van der Waals surface area (Å²) in [4.78, 5) is 5.39. The molecule has 0 aliphatic carbocycles. The molecule has 0 amide bonds. The fourth-order valence-electron chi connectivity index (χ4n) is 1.57. The van der Waals surface area contributed by atoms with E-state index in [0.29, 0.717) is 16.8 Å². The highest BCUT2D eigenvalue weighted by Crippen LogP contribution is 2.29. The monoisotopic (exact) mass is 395 g/mol. The van der Waals surface area contributed by atoms with E-state index in [4.69, 9.17) is 15.4 Å². The van der Waals surface area contributed by atoms with Gasteiger partial charge in [-0.15, -0.1) is 11.3 Å². The number of benzene rings is 1. The molecule has 2 rings (SSSR count). The van der Waals surface area contributed by atoms with Gasteiger partial charge < -0.3 is 4.74 Å². The molecule has 4 nitrogen and oxygen atoms in total. The first-order chi connectivity index (χ1) is 9.38. The smallest absolute Gasteiger partial charge is 0.261 e. The van der Waals surface area contributed by atoms with E-state index >= 15 is 0 Å². The fraction of sp³-hybridized carbons (Fsp3) is 0.250. The molecule has 0 atom stereocenters. The quantitative estimate of drug-likeness (QED) is 0.722. The van der Waals surface area contributed by atoms with Crippen molar-refractivity contribution in [1.29, 1.82) is 0 Å². The van der Waals surface area contributed by atoms with Crippen LogP contribution in [0.4, 0.5) is 0 Å². The standard InChI is InChI=1S/C12H11BrClNO3S2/c1-8-12(19-7-15-8)4-5-18-11-3-2-9(6-10(11)13)20(14,16)17/h2-3,6-7H,4-5H2,1H3. The van der Waals surface area contributed by atoms with Crippen molar-refractivity contribution in [2.24, 2.45) is 0 Å². The predicted molar refractivity (Wildman–Crippen MR) is 83.2 cm³/mol. The van der Waals surface area contributed by atoms with E-state index in [-0.39, 0.29) is 4.90 Å². The van der Waals surface area contributed by atoms with E-state index < -0.39 is 9.05 Å². The third kappa shape index (κ3) is 3.94. The van der Waals surface area contributed by atoms with Crippen molar-refractivity contribution in [2.45, 2.75) is 18.2 Å². The van der Waals surface area contributed by atoms with Gasteiger partial charge in [-0.1, -0.05) is 0 Å². The number of hydrogen-bond acceptors (Lipinski definition) is 5. The Morgan fingerprint density at radius 2 is 2.20 bits per heavy atom. The summed E-state index contributed by atoms with van der Waals surface area (Å²) in [6.45, 7) is 2.45. The predicted octanol–water partition coefficient (Wildman–Crippen LogP) is 3.76. The molecule has 0 fully saturated rings. The van der Waals surface area contributed by atoms with Crippen molar-refractivity contribution in [1.82, 2.24) is 4.98 Å². The van der Waals surface area contributed by atoms with Gasteiger partial charge in [0.2, 0.25) is 0 Å². The van der Waals surface area contributed by atoms with Crippen LogP contribution < -0.4 is 4.74 Å². The summed E-state index contributed by atoms with van der Waals surface area (Å²) in [7, 11) is 1.55. The summed E-state index contributed by atoms with van der Waals surface area (Å²) in [5, 5.41) is 0. The molecule has 0 unspecified atom stereocenters. The third-order valence-corrected chi connectivity index (χ3v) is 5.58. The van der Waals surface area contributed by atoms with Crippen LogP contribution in [-0.2, 0) is 15.5 Å². The molecule has 108 valence electrons. The van der Waals surface area contributed by atoms with Crippen molar-refractivity contribution in [2.75, 3.05) is 6.61 Å². The first-order valence-corrected chi connectivity index (χ1v) is 9.62.